The molecule has 0 aromatic heterocycles. The molecule has 21 heavy (non-hydrogen) atoms. The van der Waals surface area contributed by atoms with E-state index < -0.39 is 0 Å². The Labute approximate surface area is 124 Å². The van der Waals surface area contributed by atoms with Gasteiger partial charge in [-0.15, -0.1) is 0 Å². The summed E-state index contributed by atoms with van der Waals surface area (Å²) in [5, 5.41) is 6.40. The third kappa shape index (κ3) is 3.36. The van der Waals surface area contributed by atoms with Gasteiger partial charge in [0.1, 0.15) is 0 Å². The molecule has 0 spiro atoms. The van der Waals surface area contributed by atoms with E-state index in [2.05, 4.69) is 17.6 Å². The number of benzene rings is 1. The summed E-state index contributed by atoms with van der Waals surface area (Å²) in [6, 6.07) is 5.63. The van der Waals surface area contributed by atoms with Crippen molar-refractivity contribution in [2.24, 2.45) is 0 Å². The zero-order chi connectivity index (χ0) is 14.7. The number of carbonyl (C=O) groups excluding carboxylic acids is 1. The van der Waals surface area contributed by atoms with Gasteiger partial charge in [0.15, 0.2) is 11.5 Å². The first-order chi connectivity index (χ1) is 10.1. The van der Waals surface area contributed by atoms with E-state index in [0.29, 0.717) is 0 Å². The molecular formula is C16H20N2O3. The minimum atomic E-state index is -0.110. The number of piperidine rings is 1. The summed E-state index contributed by atoms with van der Waals surface area (Å²) >= 11 is 0. The number of rotatable bonds is 3. The smallest absolute Gasteiger partial charge is 0.244 e. The van der Waals surface area contributed by atoms with Gasteiger partial charge in [-0.3, -0.25) is 4.79 Å². The largest absolute Gasteiger partial charge is 0.454 e. The van der Waals surface area contributed by atoms with Crippen LogP contribution in [0.1, 0.15) is 25.3 Å². The first-order valence-corrected chi connectivity index (χ1v) is 7.25. The molecule has 0 bridgehead atoms. The van der Waals surface area contributed by atoms with Crippen LogP contribution in [0.15, 0.2) is 24.3 Å². The maximum absolute atomic E-state index is 12.0. The van der Waals surface area contributed by atoms with E-state index >= 15 is 0 Å². The number of fused-ring (bicyclic) bond motifs is 1. The third-order valence-electron chi connectivity index (χ3n) is 3.96. The molecule has 0 aliphatic carbocycles. The van der Waals surface area contributed by atoms with Crippen LogP contribution in [0.2, 0.25) is 0 Å². The highest BCUT2D eigenvalue weighted by Gasteiger charge is 2.27. The van der Waals surface area contributed by atoms with Crippen LogP contribution in [0.5, 0.6) is 11.5 Å². The molecule has 2 aliphatic heterocycles. The van der Waals surface area contributed by atoms with E-state index in [1.54, 1.807) is 12.2 Å². The van der Waals surface area contributed by atoms with Crippen molar-refractivity contribution in [3.8, 4) is 11.5 Å². The molecule has 5 nitrogen and oxygen atoms in total. The second-order valence-corrected chi connectivity index (χ2v) is 5.75. The second kappa shape index (κ2) is 5.77. The Morgan fingerprint density at radius 1 is 1.29 bits per heavy atom. The lowest BCUT2D eigenvalue weighted by Gasteiger charge is -2.34. The molecule has 3 rings (SSSR count). The van der Waals surface area contributed by atoms with Crippen LogP contribution in [-0.4, -0.2) is 31.3 Å². The van der Waals surface area contributed by atoms with Gasteiger partial charge in [0.25, 0.3) is 0 Å². The molecule has 2 aliphatic rings. The van der Waals surface area contributed by atoms with Gasteiger partial charge in [-0.2, -0.15) is 0 Å². The number of nitrogens with one attached hydrogen (secondary N) is 2. The zero-order valence-electron chi connectivity index (χ0n) is 12.1. The molecule has 1 amide bonds. The lowest BCUT2D eigenvalue weighted by atomic mass is 9.90. The van der Waals surface area contributed by atoms with Crippen molar-refractivity contribution in [1.29, 1.82) is 0 Å². The summed E-state index contributed by atoms with van der Waals surface area (Å²) in [5.74, 6) is 1.42. The number of amides is 1. The van der Waals surface area contributed by atoms with Crippen LogP contribution in [0.3, 0.4) is 0 Å². The lowest BCUT2D eigenvalue weighted by Crippen LogP contribution is -2.51. The van der Waals surface area contributed by atoms with Gasteiger partial charge < -0.3 is 20.1 Å². The Morgan fingerprint density at radius 3 is 2.86 bits per heavy atom. The molecule has 0 radical (unpaired) electrons. The standard InChI is InChI=1S/C16H20N2O3/c1-16(6-8-17-9-7-16)18-15(19)5-3-12-2-4-13-14(10-12)21-11-20-13/h2-5,10,17H,6-9,11H2,1H3,(H,18,19)/b5-3+. The quantitative estimate of drug-likeness (QED) is 0.831. The first-order valence-electron chi connectivity index (χ1n) is 7.25. The van der Waals surface area contributed by atoms with Crippen LogP contribution in [0.25, 0.3) is 6.08 Å². The van der Waals surface area contributed by atoms with Crippen LogP contribution in [0, 0.1) is 0 Å². The van der Waals surface area contributed by atoms with Gasteiger partial charge >= 0.3 is 0 Å². The SMILES string of the molecule is CC1(NC(=O)/C=C/c2ccc3c(c2)OCO3)CCNCC1. The Kier molecular flexibility index (Phi) is 3.84. The maximum atomic E-state index is 12.0. The third-order valence-corrected chi connectivity index (χ3v) is 3.96. The van der Waals surface area contributed by atoms with Gasteiger partial charge in [0.2, 0.25) is 12.7 Å². The van der Waals surface area contributed by atoms with Crippen LogP contribution in [-0.2, 0) is 4.79 Å². The van der Waals surface area contributed by atoms with Gasteiger partial charge in [-0.25, -0.2) is 0 Å². The summed E-state index contributed by atoms with van der Waals surface area (Å²) in [6.07, 6.45) is 5.28. The van der Waals surface area contributed by atoms with Crippen LogP contribution < -0.4 is 20.1 Å². The molecule has 0 atom stereocenters. The van der Waals surface area contributed by atoms with Crippen molar-refractivity contribution in [2.45, 2.75) is 25.3 Å². The highest BCUT2D eigenvalue weighted by atomic mass is 16.7. The van der Waals surface area contributed by atoms with Crippen molar-refractivity contribution in [3.05, 3.63) is 29.8 Å². The highest BCUT2D eigenvalue weighted by molar-refractivity contribution is 5.92. The maximum Gasteiger partial charge on any atom is 0.244 e. The molecule has 1 aromatic carbocycles. The van der Waals surface area contributed by atoms with Crippen LogP contribution in [0.4, 0.5) is 0 Å². The summed E-state index contributed by atoms with van der Waals surface area (Å²) in [6.45, 7) is 4.25. The van der Waals surface area contributed by atoms with Gasteiger partial charge in [0.05, 0.1) is 0 Å². The molecule has 1 aromatic rings. The Balaban J connectivity index is 1.61. The van der Waals surface area contributed by atoms with Gasteiger partial charge in [-0.1, -0.05) is 6.07 Å². The minimum absolute atomic E-state index is 0.0583. The lowest BCUT2D eigenvalue weighted by molar-refractivity contribution is -0.118. The molecule has 2 N–H and O–H groups in total. The number of hydrogen-bond acceptors (Lipinski definition) is 4. The predicted octanol–water partition coefficient (Wildman–Crippen LogP) is 1.69. The zero-order valence-corrected chi connectivity index (χ0v) is 12.1. The number of ether oxygens (including phenoxy) is 2. The Bertz CT molecular complexity index is 563. The van der Waals surface area contributed by atoms with Crippen molar-refractivity contribution in [2.75, 3.05) is 19.9 Å². The fraction of sp³-hybridized carbons (Fsp3) is 0.438. The van der Waals surface area contributed by atoms with Crippen molar-refractivity contribution < 1.29 is 14.3 Å². The number of hydrogen-bond donors (Lipinski definition) is 2. The fourth-order valence-electron chi connectivity index (χ4n) is 2.63. The summed E-state index contributed by atoms with van der Waals surface area (Å²) < 4.78 is 10.6. The van der Waals surface area contributed by atoms with E-state index in [1.165, 1.54) is 0 Å². The first kappa shape index (κ1) is 13.9. The summed E-state index contributed by atoms with van der Waals surface area (Å²) in [7, 11) is 0. The average molecular weight is 288 g/mol. The molecular weight excluding hydrogens is 268 g/mol. The van der Waals surface area contributed by atoms with E-state index in [9.17, 15) is 4.79 Å². The molecule has 112 valence electrons. The van der Waals surface area contributed by atoms with Crippen molar-refractivity contribution in [1.82, 2.24) is 10.6 Å². The van der Waals surface area contributed by atoms with Crippen molar-refractivity contribution in [3.63, 3.8) is 0 Å². The van der Waals surface area contributed by atoms with Crippen molar-refractivity contribution >= 4 is 12.0 Å². The van der Waals surface area contributed by atoms with E-state index in [0.717, 1.165) is 43.0 Å². The monoisotopic (exact) mass is 288 g/mol. The van der Waals surface area contributed by atoms with Crippen LogP contribution >= 0.6 is 0 Å². The van der Waals surface area contributed by atoms with E-state index in [1.807, 2.05) is 18.2 Å². The molecule has 1 saturated heterocycles. The highest BCUT2D eigenvalue weighted by Crippen LogP contribution is 2.32. The van der Waals surface area contributed by atoms with Gasteiger partial charge in [0, 0.05) is 11.6 Å². The second-order valence-electron chi connectivity index (χ2n) is 5.75. The predicted molar refractivity (Wildman–Crippen MR) is 80.3 cm³/mol. The topological polar surface area (TPSA) is 59.6 Å². The average Bonchev–Trinajstić information content (AvgIpc) is 2.93. The fourth-order valence-corrected chi connectivity index (χ4v) is 2.63. The Hall–Kier alpha value is -2.01. The van der Waals surface area contributed by atoms with E-state index in [-0.39, 0.29) is 18.2 Å². The normalized spacial score (nSPS) is 19.7. The molecule has 0 unspecified atom stereocenters. The molecule has 0 saturated carbocycles. The number of carbonyl (C=O) groups is 1. The molecule has 5 heteroatoms. The Morgan fingerprint density at radius 2 is 2.05 bits per heavy atom. The summed E-state index contributed by atoms with van der Waals surface area (Å²) in [4.78, 5) is 12.0. The van der Waals surface area contributed by atoms with Gasteiger partial charge in [-0.05, 0) is 56.6 Å². The molecule has 2 heterocycles. The summed E-state index contributed by atoms with van der Waals surface area (Å²) in [5.41, 5.74) is 0.812. The molecule has 1 fully saturated rings. The van der Waals surface area contributed by atoms with E-state index in [4.69, 9.17) is 9.47 Å². The minimum Gasteiger partial charge on any atom is -0.454 e.